The second kappa shape index (κ2) is 8.82. The van der Waals surface area contributed by atoms with Gasteiger partial charge >= 0.3 is 6.09 Å². The summed E-state index contributed by atoms with van der Waals surface area (Å²) in [5, 5.41) is 2.70. The fourth-order valence-electron chi connectivity index (χ4n) is 3.65. The maximum absolute atomic E-state index is 12.5. The summed E-state index contributed by atoms with van der Waals surface area (Å²) < 4.78 is 29.6. The maximum atomic E-state index is 12.5. The maximum Gasteiger partial charge on any atom is 0.408 e. The summed E-state index contributed by atoms with van der Waals surface area (Å²) in [6.07, 6.45) is -0.690. The molecule has 0 bridgehead atoms. The van der Waals surface area contributed by atoms with Gasteiger partial charge in [-0.3, -0.25) is 4.79 Å². The number of rotatable bonds is 4. The Labute approximate surface area is 187 Å². The number of nitrogens with zero attached hydrogens (tertiary/aromatic N) is 2. The van der Waals surface area contributed by atoms with Crippen LogP contribution in [0.1, 0.15) is 46.1 Å². The van der Waals surface area contributed by atoms with Gasteiger partial charge in [-0.1, -0.05) is 43.8 Å². The lowest BCUT2D eigenvalue weighted by Crippen LogP contribution is -2.39. The molecule has 1 aromatic rings. The van der Waals surface area contributed by atoms with Crippen molar-refractivity contribution < 1.29 is 22.7 Å². The van der Waals surface area contributed by atoms with Crippen LogP contribution >= 0.6 is 11.8 Å². The smallest absolute Gasteiger partial charge is 0.408 e. The third-order valence-electron chi connectivity index (χ3n) is 4.89. The molecule has 2 aliphatic rings. The molecule has 2 aliphatic heterocycles. The first-order valence-electron chi connectivity index (χ1n) is 10.2. The van der Waals surface area contributed by atoms with Gasteiger partial charge in [0.1, 0.15) is 12.1 Å². The topological polar surface area (TPSA) is 105 Å². The molecule has 1 N–H and O–H groups in total. The highest BCUT2D eigenvalue weighted by atomic mass is 32.2. The lowest BCUT2D eigenvalue weighted by atomic mass is 9.99. The average molecular weight is 468 g/mol. The predicted octanol–water partition coefficient (Wildman–Crippen LogP) is 2.94. The summed E-state index contributed by atoms with van der Waals surface area (Å²) in [6.45, 7) is 9.05. The molecule has 2 amide bonds. The number of hydrogen-bond acceptors (Lipinski definition) is 6. The number of ether oxygens (including phenoxy) is 1. The minimum atomic E-state index is -3.15. The van der Waals surface area contributed by atoms with Crippen molar-refractivity contribution in [3.63, 3.8) is 0 Å². The first-order chi connectivity index (χ1) is 14.4. The van der Waals surface area contributed by atoms with Gasteiger partial charge < -0.3 is 15.0 Å². The third-order valence-corrected chi connectivity index (χ3v) is 8.10. The number of thioether (sulfide) groups is 1. The van der Waals surface area contributed by atoms with E-state index in [1.807, 2.05) is 29.2 Å². The standard InChI is InChI=1S/C21H29N3O5S2/c1-13(2)14-8-6-7-9-15(14)24-16-11-31(27,28)12-17(16)30-19(24)23-18(25)10-22-20(26)29-21(3,4)5/h6-9,13,16-17H,10-12H2,1-5H3,(H,22,26)/t16-,17-/m1/s1. The molecule has 2 saturated heterocycles. The number of aliphatic imine (C=N–C) groups is 1. The molecule has 1 aromatic carbocycles. The number of carbonyl (C=O) groups is 2. The van der Waals surface area contributed by atoms with Crippen LogP contribution in [0.3, 0.4) is 0 Å². The number of nitrogens with one attached hydrogen (secondary N) is 1. The molecular formula is C21H29N3O5S2. The van der Waals surface area contributed by atoms with Crippen LogP contribution in [-0.4, -0.2) is 60.5 Å². The zero-order valence-corrected chi connectivity index (χ0v) is 20.0. The number of sulfone groups is 1. The van der Waals surface area contributed by atoms with E-state index in [4.69, 9.17) is 4.74 Å². The van der Waals surface area contributed by atoms with E-state index in [-0.39, 0.29) is 35.3 Å². The first kappa shape index (κ1) is 23.6. The number of alkyl carbamates (subject to hydrolysis) is 1. The monoisotopic (exact) mass is 467 g/mol. The van der Waals surface area contributed by atoms with E-state index < -0.39 is 27.4 Å². The molecule has 0 aliphatic carbocycles. The Morgan fingerprint density at radius 3 is 2.58 bits per heavy atom. The van der Waals surface area contributed by atoms with Gasteiger partial charge in [0.25, 0.3) is 5.91 Å². The number of amidine groups is 1. The number of carbonyl (C=O) groups excluding carboxylic acids is 2. The molecule has 2 heterocycles. The summed E-state index contributed by atoms with van der Waals surface area (Å²) in [7, 11) is -3.15. The molecule has 0 saturated carbocycles. The van der Waals surface area contributed by atoms with Crippen molar-refractivity contribution in [1.82, 2.24) is 5.32 Å². The minimum absolute atomic E-state index is 0.0282. The molecule has 8 nitrogen and oxygen atoms in total. The third kappa shape index (κ3) is 5.79. The van der Waals surface area contributed by atoms with Gasteiger partial charge in [-0.25, -0.2) is 13.2 Å². The largest absolute Gasteiger partial charge is 0.444 e. The number of benzene rings is 1. The second-order valence-electron chi connectivity index (χ2n) is 9.03. The fourth-order valence-corrected chi connectivity index (χ4v) is 7.57. The highest BCUT2D eigenvalue weighted by Crippen LogP contribution is 2.43. The van der Waals surface area contributed by atoms with E-state index >= 15 is 0 Å². The first-order valence-corrected chi connectivity index (χ1v) is 12.9. The van der Waals surface area contributed by atoms with Crippen molar-refractivity contribution in [1.29, 1.82) is 0 Å². The van der Waals surface area contributed by atoms with Crippen LogP contribution in [0.5, 0.6) is 0 Å². The summed E-state index contributed by atoms with van der Waals surface area (Å²) in [4.78, 5) is 30.4. The normalized spacial score (nSPS) is 23.8. The van der Waals surface area contributed by atoms with Gasteiger partial charge in [-0.05, 0) is 38.3 Å². The van der Waals surface area contributed by atoms with E-state index in [0.717, 1.165) is 11.3 Å². The number of para-hydroxylation sites is 1. The Kier molecular flexibility index (Phi) is 6.71. The van der Waals surface area contributed by atoms with Crippen molar-refractivity contribution >= 4 is 44.5 Å². The van der Waals surface area contributed by atoms with E-state index in [2.05, 4.69) is 24.2 Å². The van der Waals surface area contributed by atoms with Gasteiger partial charge in [0.15, 0.2) is 15.0 Å². The zero-order chi connectivity index (χ0) is 23.0. The molecule has 2 atom stereocenters. The molecule has 3 rings (SSSR count). The van der Waals surface area contributed by atoms with Gasteiger partial charge in [-0.2, -0.15) is 4.99 Å². The van der Waals surface area contributed by atoms with Gasteiger partial charge in [0, 0.05) is 10.9 Å². The van der Waals surface area contributed by atoms with E-state index in [1.165, 1.54) is 11.8 Å². The summed E-state index contributed by atoms with van der Waals surface area (Å²) in [5.74, 6) is -0.223. The van der Waals surface area contributed by atoms with Crippen molar-refractivity contribution in [3.8, 4) is 0 Å². The van der Waals surface area contributed by atoms with Crippen LogP contribution < -0.4 is 10.2 Å². The van der Waals surface area contributed by atoms with E-state index in [1.54, 1.807) is 20.8 Å². The lowest BCUT2D eigenvalue weighted by molar-refractivity contribution is -0.117. The number of anilines is 1. The molecular weight excluding hydrogens is 438 g/mol. The zero-order valence-electron chi connectivity index (χ0n) is 18.4. The molecule has 10 heteroatoms. The minimum Gasteiger partial charge on any atom is -0.444 e. The molecule has 0 spiro atoms. The Morgan fingerprint density at radius 2 is 1.94 bits per heavy atom. The van der Waals surface area contributed by atoms with Crippen molar-refractivity contribution in [3.05, 3.63) is 29.8 Å². The average Bonchev–Trinajstić information content (AvgIpc) is 3.09. The van der Waals surface area contributed by atoms with E-state index in [0.29, 0.717) is 5.17 Å². The number of hydrogen-bond donors (Lipinski definition) is 1. The van der Waals surface area contributed by atoms with Crippen LogP contribution in [0, 0.1) is 0 Å². The van der Waals surface area contributed by atoms with Gasteiger partial charge in [-0.15, -0.1) is 0 Å². The Hall–Kier alpha value is -2.07. The Bertz CT molecular complexity index is 999. The molecule has 0 aromatic heterocycles. The van der Waals surface area contributed by atoms with Crippen LogP contribution in [0.2, 0.25) is 0 Å². The molecule has 31 heavy (non-hydrogen) atoms. The number of amides is 2. The number of fused-ring (bicyclic) bond motifs is 1. The van der Waals surface area contributed by atoms with Gasteiger partial charge in [0.05, 0.1) is 17.5 Å². The summed E-state index contributed by atoms with van der Waals surface area (Å²) >= 11 is 1.31. The molecule has 0 unspecified atom stereocenters. The SMILES string of the molecule is CC(C)c1ccccc1N1C(=NC(=O)CNC(=O)OC(C)(C)C)S[C@@H]2CS(=O)(=O)C[C@H]21. The Morgan fingerprint density at radius 1 is 1.26 bits per heavy atom. The van der Waals surface area contributed by atoms with Crippen LogP contribution in [0.4, 0.5) is 10.5 Å². The highest BCUT2D eigenvalue weighted by Gasteiger charge is 2.49. The van der Waals surface area contributed by atoms with Crippen LogP contribution in [0.15, 0.2) is 29.3 Å². The van der Waals surface area contributed by atoms with Gasteiger partial charge in [0.2, 0.25) is 0 Å². The lowest BCUT2D eigenvalue weighted by Gasteiger charge is -2.28. The quantitative estimate of drug-likeness (QED) is 0.726. The molecule has 0 radical (unpaired) electrons. The van der Waals surface area contributed by atoms with Crippen molar-refractivity contribution in [2.45, 2.75) is 57.4 Å². The molecule has 2 fully saturated rings. The van der Waals surface area contributed by atoms with Crippen molar-refractivity contribution in [2.75, 3.05) is 23.0 Å². The van der Waals surface area contributed by atoms with E-state index in [9.17, 15) is 18.0 Å². The van der Waals surface area contributed by atoms with Crippen LogP contribution in [0.25, 0.3) is 0 Å². The molecule has 170 valence electrons. The summed E-state index contributed by atoms with van der Waals surface area (Å²) in [5.41, 5.74) is 1.25. The fraction of sp³-hybridized carbons (Fsp3) is 0.571. The summed E-state index contributed by atoms with van der Waals surface area (Å²) in [6, 6.07) is 7.50. The second-order valence-corrected chi connectivity index (χ2v) is 12.4. The van der Waals surface area contributed by atoms with Crippen LogP contribution in [-0.2, 0) is 19.4 Å². The highest BCUT2D eigenvalue weighted by molar-refractivity contribution is 8.16. The Balaban J connectivity index is 1.85. The predicted molar refractivity (Wildman–Crippen MR) is 124 cm³/mol. The van der Waals surface area contributed by atoms with Crippen molar-refractivity contribution in [2.24, 2.45) is 4.99 Å².